The van der Waals surface area contributed by atoms with Gasteiger partial charge in [-0.3, -0.25) is 0 Å². The van der Waals surface area contributed by atoms with Crippen LogP contribution in [0.5, 0.6) is 0 Å². The lowest BCUT2D eigenvalue weighted by Crippen LogP contribution is -2.41. The average Bonchev–Trinajstić information content (AvgIpc) is 1.58. The van der Waals surface area contributed by atoms with Gasteiger partial charge in [-0.05, 0) is 243 Å². The molecule has 138 heavy (non-hydrogen) atoms. The van der Waals surface area contributed by atoms with E-state index in [2.05, 4.69) is 205 Å². The fourth-order valence-electron chi connectivity index (χ4n) is 17.6. The Balaban J connectivity index is 0.000000145. The molecule has 0 saturated carbocycles. The Kier molecular flexibility index (Phi) is 33.8. The lowest BCUT2D eigenvalue weighted by atomic mass is 9.77. The zero-order chi connectivity index (χ0) is 98.1. The average molecular weight is 2040 g/mol. The zero-order valence-corrected chi connectivity index (χ0v) is 86.3. The van der Waals surface area contributed by atoms with Crippen LogP contribution in [-0.4, -0.2) is 124 Å². The minimum Gasteiger partial charge on any atom is -0.444 e. The van der Waals surface area contributed by atoms with Crippen molar-refractivity contribution in [1.29, 1.82) is 5.26 Å². The number of carbonyl (C=O) groups excluding carboxylic acids is 1. The number of aryl methyl sites for hydroxylation is 6. The molecule has 5 N–H and O–H groups in total. The molecule has 0 radical (unpaired) electrons. The first-order valence-electron chi connectivity index (χ1n) is 47.1. The lowest BCUT2D eigenvalue weighted by Gasteiger charge is -2.32. The summed E-state index contributed by atoms with van der Waals surface area (Å²) in [5, 5.41) is 29.8. The van der Waals surface area contributed by atoms with Gasteiger partial charge in [-0.2, -0.15) is 20.6 Å². The number of para-hydroxylation sites is 3. The largest absolute Gasteiger partial charge is 0.495 e. The number of aromatic amines is 4. The molecule has 0 atom stereocenters. The highest BCUT2D eigenvalue weighted by molar-refractivity contribution is 9.11. The van der Waals surface area contributed by atoms with Crippen LogP contribution in [0.1, 0.15) is 215 Å². The van der Waals surface area contributed by atoms with E-state index < -0.39 is 23.9 Å². The molecule has 722 valence electrons. The van der Waals surface area contributed by atoms with Crippen LogP contribution in [0.15, 0.2) is 186 Å². The fourth-order valence-corrected chi connectivity index (χ4v) is 18.8. The van der Waals surface area contributed by atoms with Crippen LogP contribution >= 0.6 is 55.9 Å². The first kappa shape index (κ1) is 104. The third-order valence-electron chi connectivity index (χ3n) is 25.7. The summed E-state index contributed by atoms with van der Waals surface area (Å²) in [5.41, 5.74) is 25.8. The Bertz CT molecular complexity index is 6890. The van der Waals surface area contributed by atoms with E-state index in [0.717, 1.165) is 193 Å². The lowest BCUT2D eigenvalue weighted by molar-refractivity contribution is 0.00578. The van der Waals surface area contributed by atoms with Crippen LogP contribution in [0.3, 0.4) is 0 Å². The van der Waals surface area contributed by atoms with E-state index in [-0.39, 0.29) is 41.8 Å². The number of nitriles is 1. The number of hydrogen-bond acceptors (Lipinski definition) is 14. The molecule has 31 heteroatoms. The Morgan fingerprint density at radius 1 is 0.522 bits per heavy atom. The normalized spacial score (nSPS) is 14.0. The predicted octanol–water partition coefficient (Wildman–Crippen LogP) is 25.6. The molecule has 0 bridgehead atoms. The van der Waals surface area contributed by atoms with Crippen molar-refractivity contribution in [1.82, 2.24) is 79.4 Å². The van der Waals surface area contributed by atoms with Gasteiger partial charge in [0.15, 0.2) is 0 Å². The maximum atomic E-state index is 14.7. The standard InChI is InChI=1S/C31H33FN6.C24H25FN4.C21H28BrN3O2.C14H17BFNO2.C8H5BrFN.C7H9ClN2.C2H3N.ClH/c1-5-20-8-7-9-21(6-2)29(20)38-30(24-10-11-26(32)28-23(24)12-14-33-28)25-18-37(15-13-27(25)36-38)31-34-16-22(17-35-31)19(3)4;1-3-15-6-5-7-16(4-2)23(15)29-24(19-14-26-12-11-21(19)28-29)18-8-9-20(25)22-17(18)10-13-27-22;1-6-14-9-8-10-15(7-2)18(14)25-19(22)16-13-24(12-11-17(16)23-25)20(26)27-21(3,4)5;1-13(2)14(3,4)19-15(18-13)10-5-6-11(16)12-9(10)7-8-17-12;9-6-1-2-7(10)8-5(6)3-4-11-8;1-5(2)6-3-9-7(8)10-4-6;1-2-3;/h7-12,14,16-17,19,33H,5-6,13,15,18H2,1-4H3;5-10,13,26-27H,3-4,11-12,14H2,1-2H3;8-10H,6-7,11-13H2,1-5H3;5-8,17H,1-4H3;1-4,11H;3-5H,1-2H3;1H3;1H. The molecule has 16 aromatic rings. The van der Waals surface area contributed by atoms with E-state index in [1.807, 2.05) is 102 Å². The van der Waals surface area contributed by atoms with E-state index >= 15 is 0 Å². The van der Waals surface area contributed by atoms with Crippen LogP contribution in [0, 0.1) is 34.6 Å². The van der Waals surface area contributed by atoms with Crippen LogP contribution < -0.4 is 15.7 Å². The minimum absolute atomic E-state index is 0. The van der Waals surface area contributed by atoms with Crippen LogP contribution in [0.2, 0.25) is 5.28 Å². The maximum absolute atomic E-state index is 14.7. The summed E-state index contributed by atoms with van der Waals surface area (Å²) < 4.78 is 81.4. The van der Waals surface area contributed by atoms with Gasteiger partial charge in [0.1, 0.15) is 33.5 Å². The summed E-state index contributed by atoms with van der Waals surface area (Å²) in [6.45, 7) is 41.0. The molecular formula is C107H121BBr2Cl2F4N18O4. The van der Waals surface area contributed by atoms with Gasteiger partial charge in [-0.15, -0.1) is 12.4 Å². The summed E-state index contributed by atoms with van der Waals surface area (Å²) in [6, 6.07) is 42.0. The Labute approximate surface area is 833 Å². The highest BCUT2D eigenvalue weighted by Gasteiger charge is 2.52. The molecule has 20 rings (SSSR count). The van der Waals surface area contributed by atoms with Crippen molar-refractivity contribution in [2.24, 2.45) is 0 Å². The number of aromatic nitrogens is 14. The summed E-state index contributed by atoms with van der Waals surface area (Å²) >= 11 is 12.6. The van der Waals surface area contributed by atoms with Crippen molar-refractivity contribution in [3.8, 4) is 45.6 Å². The van der Waals surface area contributed by atoms with Gasteiger partial charge in [0, 0.05) is 162 Å². The molecule has 4 aliphatic rings. The Morgan fingerprint density at radius 2 is 0.906 bits per heavy atom. The summed E-state index contributed by atoms with van der Waals surface area (Å²) in [4.78, 5) is 45.5. The number of fused-ring (bicyclic) bond motifs is 7. The molecule has 22 nitrogen and oxygen atoms in total. The van der Waals surface area contributed by atoms with Gasteiger partial charge >= 0.3 is 13.2 Å². The van der Waals surface area contributed by atoms with Crippen molar-refractivity contribution in [3.63, 3.8) is 0 Å². The maximum Gasteiger partial charge on any atom is 0.495 e. The number of carbonyl (C=O) groups is 1. The molecule has 1 fully saturated rings. The molecule has 0 spiro atoms. The second-order valence-electron chi connectivity index (χ2n) is 36.8. The second kappa shape index (κ2) is 45.0. The van der Waals surface area contributed by atoms with Crippen molar-refractivity contribution >= 4 is 124 Å². The van der Waals surface area contributed by atoms with Gasteiger partial charge in [0.25, 0.3) is 0 Å². The Hall–Kier alpha value is -11.7. The van der Waals surface area contributed by atoms with Crippen LogP contribution in [0.4, 0.5) is 28.3 Å². The van der Waals surface area contributed by atoms with Crippen molar-refractivity contribution in [2.75, 3.05) is 24.5 Å². The first-order valence-corrected chi connectivity index (χ1v) is 49.0. The number of H-pyrrole nitrogens is 4. The number of amides is 1. The molecule has 7 aromatic carbocycles. The van der Waals surface area contributed by atoms with Gasteiger partial charge < -0.3 is 49.1 Å². The molecular weight excluding hydrogens is 1920 g/mol. The van der Waals surface area contributed by atoms with Crippen molar-refractivity contribution < 1.29 is 36.4 Å². The van der Waals surface area contributed by atoms with E-state index in [4.69, 9.17) is 56.2 Å². The molecule has 0 aliphatic carbocycles. The monoisotopic (exact) mass is 2040 g/mol. The number of ether oxygens (including phenoxy) is 1. The fraction of sp³-hybridized carbons (Fsp3) is 0.355. The zero-order valence-electron chi connectivity index (χ0n) is 81.6. The van der Waals surface area contributed by atoms with E-state index in [9.17, 15) is 22.4 Å². The van der Waals surface area contributed by atoms with E-state index in [1.165, 1.54) is 63.7 Å². The predicted molar refractivity (Wildman–Crippen MR) is 555 cm³/mol. The number of halogens is 8. The minimum atomic E-state index is -0.491. The number of benzene rings is 7. The number of nitrogens with one attached hydrogen (secondary N) is 5. The molecule has 0 unspecified atom stereocenters. The number of hydrogen-bond donors (Lipinski definition) is 5. The number of anilines is 1. The topological polar surface area (TPSA) is 255 Å². The first-order chi connectivity index (χ1) is 65.7. The van der Waals surface area contributed by atoms with Gasteiger partial charge in [-0.1, -0.05) is 146 Å². The third kappa shape index (κ3) is 22.3. The highest BCUT2D eigenvalue weighted by atomic mass is 79.9. The molecule has 1 saturated heterocycles. The van der Waals surface area contributed by atoms with Gasteiger partial charge in [0.05, 0.1) is 91.4 Å². The van der Waals surface area contributed by atoms with Crippen LogP contribution in [-0.2, 0) is 91.5 Å². The molecule has 1 amide bonds. The summed E-state index contributed by atoms with van der Waals surface area (Å²) in [5.74, 6) is 0.626. The van der Waals surface area contributed by atoms with E-state index in [1.54, 1.807) is 72.4 Å². The van der Waals surface area contributed by atoms with Crippen molar-refractivity contribution in [3.05, 3.63) is 293 Å². The quantitative estimate of drug-likeness (QED) is 0.0364. The molecule has 4 aliphatic heterocycles. The summed E-state index contributed by atoms with van der Waals surface area (Å²) in [7, 11) is -0.469. The van der Waals surface area contributed by atoms with Crippen molar-refractivity contribution in [2.45, 2.75) is 231 Å². The van der Waals surface area contributed by atoms with E-state index in [0.29, 0.717) is 58.8 Å². The molecule has 9 aromatic heterocycles. The SMILES string of the molecule is CC#N.CC(C)c1cnc(Cl)nc1.CC1(C)OB(c2ccc(F)c3[nH]ccc23)OC1(C)C.CCc1cccc(CC)c1-n1nc2c(c1-c1ccc(F)c3[nH]ccc13)CN(c1ncc(C(C)C)cn1)CC2.CCc1cccc(CC)c1-n1nc2c(c1-c1ccc(F)c3[nH]ccc13)CNCC2.CCc1cccc(CC)c1-n1nc2c(c1Br)CN(C(=O)OC(C)(C)C)CC2.Cl.Fc1ccc(Br)c2cc[nH]c12. The summed E-state index contributed by atoms with van der Waals surface area (Å²) in [6.07, 6.45) is 22.2. The second-order valence-corrected chi connectivity index (χ2v) is 38.7. The smallest absolute Gasteiger partial charge is 0.444 e. The van der Waals surface area contributed by atoms with Crippen LogP contribution in [0.25, 0.3) is 83.2 Å². The number of rotatable bonds is 15. The van der Waals surface area contributed by atoms with Gasteiger partial charge in [-0.25, -0.2) is 56.3 Å². The highest BCUT2D eigenvalue weighted by Crippen LogP contribution is 2.44. The molecule has 13 heterocycles. The van der Waals surface area contributed by atoms with Gasteiger partial charge in [0.2, 0.25) is 11.2 Å². The third-order valence-corrected chi connectivity index (χ3v) is 27.4. The Morgan fingerprint density at radius 3 is 1.36 bits per heavy atom. The number of nitrogens with zero attached hydrogens (tertiary/aromatic N) is 13.